The van der Waals surface area contributed by atoms with Crippen LogP contribution in [0.2, 0.25) is 0 Å². The highest BCUT2D eigenvalue weighted by molar-refractivity contribution is 7.80. The summed E-state index contributed by atoms with van der Waals surface area (Å²) in [6.07, 6.45) is 0.713. The Labute approximate surface area is 159 Å². The maximum Gasteiger partial charge on any atom is 0.225 e. The smallest absolute Gasteiger partial charge is 0.225 e. The average Bonchev–Trinajstić information content (AvgIpc) is 2.95. The summed E-state index contributed by atoms with van der Waals surface area (Å²) in [4.78, 5) is 27.1. The Morgan fingerprint density at radius 1 is 1.04 bits per heavy atom. The van der Waals surface area contributed by atoms with Crippen LogP contribution in [0.5, 0.6) is 0 Å². The summed E-state index contributed by atoms with van der Waals surface area (Å²) in [5, 5.41) is 12.0. The maximum absolute atomic E-state index is 11.3. The molecule has 0 atom stereocenters. The van der Waals surface area contributed by atoms with Crippen molar-refractivity contribution in [3.63, 3.8) is 0 Å². The molecule has 0 radical (unpaired) electrons. The fraction of sp³-hybridized carbons (Fsp3) is 0.267. The van der Waals surface area contributed by atoms with Crippen LogP contribution in [0.15, 0.2) is 18.2 Å². The zero-order valence-electron chi connectivity index (χ0n) is 13.6. The Balaban J connectivity index is 2.05. The lowest BCUT2D eigenvalue weighted by molar-refractivity contribution is -0.120. The molecule has 0 aliphatic heterocycles. The van der Waals surface area contributed by atoms with E-state index in [1.165, 1.54) is 11.3 Å². The number of thiazole rings is 1. The molecule has 2 aromatic rings. The van der Waals surface area contributed by atoms with Crippen LogP contribution in [0, 0.1) is 0 Å². The number of nitrogens with one attached hydrogen (secondary N) is 4. The van der Waals surface area contributed by atoms with Gasteiger partial charge in [0.1, 0.15) is 0 Å². The fourth-order valence-electron chi connectivity index (χ4n) is 1.78. The Morgan fingerprint density at radius 2 is 1.64 bits per heavy atom. The predicted octanol–water partition coefficient (Wildman–Crippen LogP) is 2.74. The van der Waals surface area contributed by atoms with Crippen molar-refractivity contribution < 1.29 is 9.59 Å². The van der Waals surface area contributed by atoms with E-state index < -0.39 is 0 Å². The monoisotopic (exact) mass is 395 g/mol. The molecule has 0 fully saturated rings. The number of nitrogens with zero attached hydrogens (tertiary/aromatic N) is 1. The molecular formula is C15H17N5O2S3. The van der Waals surface area contributed by atoms with Crippen molar-refractivity contribution in [1.29, 1.82) is 0 Å². The van der Waals surface area contributed by atoms with Crippen molar-refractivity contribution in [2.24, 2.45) is 0 Å². The van der Waals surface area contributed by atoms with Gasteiger partial charge in [0.2, 0.25) is 11.8 Å². The number of amides is 2. The van der Waals surface area contributed by atoms with Crippen molar-refractivity contribution in [3.8, 4) is 0 Å². The highest BCUT2D eigenvalue weighted by Gasteiger charge is 2.09. The zero-order chi connectivity index (χ0) is 18.4. The average molecular weight is 396 g/mol. The molecule has 0 saturated carbocycles. The molecule has 0 bridgehead atoms. The van der Waals surface area contributed by atoms with Crippen LogP contribution in [-0.4, -0.2) is 27.0 Å². The standard InChI is InChI=1S/C15H17N5O2S3/c1-3-11(21)18-13(23)16-8-5-6-9-10(7-8)25-15(17-9)20-14(24)19-12(22)4-2/h5-7H,3-4H2,1-2H3,(H2,16,18,21,23)(H2,17,19,20,22,24). The summed E-state index contributed by atoms with van der Waals surface area (Å²) < 4.78 is 0.904. The van der Waals surface area contributed by atoms with Gasteiger partial charge >= 0.3 is 0 Å². The first-order chi connectivity index (χ1) is 11.9. The first-order valence-corrected chi connectivity index (χ1v) is 9.16. The van der Waals surface area contributed by atoms with Crippen LogP contribution in [0.4, 0.5) is 10.8 Å². The van der Waals surface area contributed by atoms with Gasteiger partial charge in [-0.25, -0.2) is 4.98 Å². The summed E-state index contributed by atoms with van der Waals surface area (Å²) in [7, 11) is 0. The van der Waals surface area contributed by atoms with Crippen LogP contribution in [-0.2, 0) is 9.59 Å². The fourth-order valence-corrected chi connectivity index (χ4v) is 3.19. The third kappa shape index (κ3) is 5.69. The molecular weight excluding hydrogens is 378 g/mol. The van der Waals surface area contributed by atoms with Gasteiger partial charge in [0.05, 0.1) is 10.2 Å². The number of carbonyl (C=O) groups is 2. The van der Waals surface area contributed by atoms with Gasteiger partial charge in [0.25, 0.3) is 0 Å². The number of hydrogen-bond donors (Lipinski definition) is 4. The van der Waals surface area contributed by atoms with E-state index >= 15 is 0 Å². The van der Waals surface area contributed by atoms with Crippen molar-refractivity contribution in [2.45, 2.75) is 26.7 Å². The summed E-state index contributed by atoms with van der Waals surface area (Å²) in [6, 6.07) is 5.51. The molecule has 1 heterocycles. The van der Waals surface area contributed by atoms with Gasteiger partial charge in [-0.15, -0.1) is 0 Å². The number of benzene rings is 1. The number of aromatic nitrogens is 1. The second-order valence-electron chi connectivity index (χ2n) is 4.91. The molecule has 2 rings (SSSR count). The van der Waals surface area contributed by atoms with Crippen molar-refractivity contribution in [3.05, 3.63) is 18.2 Å². The van der Waals surface area contributed by atoms with Crippen LogP contribution in [0.25, 0.3) is 10.2 Å². The number of carbonyl (C=O) groups excluding carboxylic acids is 2. The largest absolute Gasteiger partial charge is 0.332 e. The van der Waals surface area contributed by atoms with Gasteiger partial charge in [0, 0.05) is 18.5 Å². The Bertz CT molecular complexity index is 804. The van der Waals surface area contributed by atoms with Crippen molar-refractivity contribution >= 4 is 78.8 Å². The Hall–Kier alpha value is -2.17. The first kappa shape index (κ1) is 19.2. The quantitative estimate of drug-likeness (QED) is 0.591. The lowest BCUT2D eigenvalue weighted by Gasteiger charge is -2.08. The Morgan fingerprint density at radius 3 is 2.24 bits per heavy atom. The molecule has 2 amide bonds. The van der Waals surface area contributed by atoms with E-state index in [-0.39, 0.29) is 22.0 Å². The number of hydrogen-bond acceptors (Lipinski definition) is 6. The van der Waals surface area contributed by atoms with E-state index in [0.29, 0.717) is 18.0 Å². The minimum atomic E-state index is -0.160. The molecule has 4 N–H and O–H groups in total. The number of rotatable bonds is 4. The zero-order valence-corrected chi connectivity index (χ0v) is 16.1. The normalized spacial score (nSPS) is 10.2. The molecule has 7 nitrogen and oxygen atoms in total. The maximum atomic E-state index is 11.3. The Kier molecular flexibility index (Phi) is 6.73. The molecule has 0 aliphatic rings. The number of fused-ring (bicyclic) bond motifs is 1. The minimum absolute atomic E-state index is 0.148. The molecule has 0 spiro atoms. The van der Waals surface area contributed by atoms with E-state index in [1.807, 2.05) is 18.2 Å². The molecule has 10 heteroatoms. The molecule has 25 heavy (non-hydrogen) atoms. The first-order valence-electron chi connectivity index (χ1n) is 7.53. The van der Waals surface area contributed by atoms with Gasteiger partial charge in [-0.2, -0.15) is 0 Å². The van der Waals surface area contributed by atoms with Crippen LogP contribution >= 0.6 is 35.8 Å². The second kappa shape index (κ2) is 8.79. The summed E-state index contributed by atoms with van der Waals surface area (Å²) in [5.41, 5.74) is 1.53. The number of anilines is 2. The van der Waals surface area contributed by atoms with E-state index in [4.69, 9.17) is 24.4 Å². The summed E-state index contributed by atoms with van der Waals surface area (Å²) in [5.74, 6) is -0.307. The van der Waals surface area contributed by atoms with Crippen LogP contribution < -0.4 is 21.3 Å². The van der Waals surface area contributed by atoms with Crippen LogP contribution in [0.1, 0.15) is 26.7 Å². The minimum Gasteiger partial charge on any atom is -0.332 e. The SMILES string of the molecule is CCC(=O)NC(=S)Nc1ccc2nc(NC(=S)NC(=O)CC)sc2c1. The van der Waals surface area contributed by atoms with Gasteiger partial charge < -0.3 is 21.3 Å². The van der Waals surface area contributed by atoms with Gasteiger partial charge in [-0.05, 0) is 42.6 Å². The second-order valence-corrected chi connectivity index (χ2v) is 6.76. The van der Waals surface area contributed by atoms with Gasteiger partial charge in [-0.1, -0.05) is 25.2 Å². The van der Waals surface area contributed by atoms with E-state index in [9.17, 15) is 9.59 Å². The van der Waals surface area contributed by atoms with E-state index in [2.05, 4.69) is 26.3 Å². The topological polar surface area (TPSA) is 95.2 Å². The summed E-state index contributed by atoms with van der Waals surface area (Å²) >= 11 is 11.6. The molecule has 1 aromatic carbocycles. The van der Waals surface area contributed by atoms with Crippen molar-refractivity contribution in [1.82, 2.24) is 15.6 Å². The molecule has 1 aromatic heterocycles. The summed E-state index contributed by atoms with van der Waals surface area (Å²) in [6.45, 7) is 3.50. The third-order valence-corrected chi connectivity index (χ3v) is 4.36. The van der Waals surface area contributed by atoms with Gasteiger partial charge in [-0.3, -0.25) is 9.59 Å². The molecule has 132 valence electrons. The van der Waals surface area contributed by atoms with E-state index in [0.717, 1.165) is 15.9 Å². The van der Waals surface area contributed by atoms with Crippen molar-refractivity contribution in [2.75, 3.05) is 10.6 Å². The van der Waals surface area contributed by atoms with Crippen LogP contribution in [0.3, 0.4) is 0 Å². The molecule has 0 unspecified atom stereocenters. The molecule has 0 aliphatic carbocycles. The van der Waals surface area contributed by atoms with E-state index in [1.54, 1.807) is 13.8 Å². The third-order valence-electron chi connectivity index (χ3n) is 3.01. The predicted molar refractivity (Wildman–Crippen MR) is 109 cm³/mol. The highest BCUT2D eigenvalue weighted by Crippen LogP contribution is 2.28. The lowest BCUT2D eigenvalue weighted by atomic mass is 10.3. The van der Waals surface area contributed by atoms with Gasteiger partial charge in [0.15, 0.2) is 15.4 Å². The lowest BCUT2D eigenvalue weighted by Crippen LogP contribution is -2.33. The molecule has 0 saturated heterocycles. The highest BCUT2D eigenvalue weighted by atomic mass is 32.1. The number of thiocarbonyl (C=S) groups is 2.